The molecule has 3 N–H and O–H groups in total. The number of nitrogens with two attached hydrogens (primary N) is 1. The number of nitrogens with zero attached hydrogens (tertiary/aromatic N) is 2. The quantitative estimate of drug-likeness (QED) is 0.666. The summed E-state index contributed by atoms with van der Waals surface area (Å²) >= 11 is 5.73. The summed E-state index contributed by atoms with van der Waals surface area (Å²) in [7, 11) is 0. The lowest BCUT2D eigenvalue weighted by molar-refractivity contribution is -0.117. The van der Waals surface area contributed by atoms with E-state index >= 15 is 0 Å². The van der Waals surface area contributed by atoms with E-state index < -0.39 is 0 Å². The van der Waals surface area contributed by atoms with Crippen LogP contribution in [0.5, 0.6) is 0 Å². The highest BCUT2D eigenvalue weighted by Gasteiger charge is 2.16. The Kier molecular flexibility index (Phi) is 3.97. The van der Waals surface area contributed by atoms with E-state index in [9.17, 15) is 4.79 Å². The number of aromatic nitrogens is 2. The van der Waals surface area contributed by atoms with E-state index in [0.29, 0.717) is 11.5 Å². The molecular formula is C13H13ClN4O. The number of nitrogen functional groups attached to an aromatic ring is 1. The van der Waals surface area contributed by atoms with Gasteiger partial charge < -0.3 is 11.1 Å². The fourth-order valence-electron chi connectivity index (χ4n) is 1.62. The van der Waals surface area contributed by atoms with Gasteiger partial charge in [0, 0.05) is 11.8 Å². The van der Waals surface area contributed by atoms with Crippen molar-refractivity contribution in [2.45, 2.75) is 12.8 Å². The Labute approximate surface area is 115 Å². The maximum Gasteiger partial charge on any atom is 0.232 e. The van der Waals surface area contributed by atoms with Crippen molar-refractivity contribution >= 4 is 29.0 Å². The summed E-state index contributed by atoms with van der Waals surface area (Å²) in [5.74, 6) is -0.140. The topological polar surface area (TPSA) is 80.9 Å². The maximum atomic E-state index is 12.1. The molecule has 0 fully saturated rings. The van der Waals surface area contributed by atoms with Gasteiger partial charge in [0.25, 0.3) is 0 Å². The van der Waals surface area contributed by atoms with Crippen molar-refractivity contribution in [1.82, 2.24) is 9.97 Å². The third-order valence-corrected chi connectivity index (χ3v) is 2.90. The van der Waals surface area contributed by atoms with E-state index in [1.165, 1.54) is 12.4 Å². The van der Waals surface area contributed by atoms with Crippen LogP contribution >= 0.6 is 11.6 Å². The number of halogens is 1. The van der Waals surface area contributed by atoms with Crippen molar-refractivity contribution in [3.05, 3.63) is 47.4 Å². The standard InChI is InChI=1S/C13H13ClN4O/c1-8(9-3-2-4-10(15)5-9)13(19)18-12-6-11(14)16-7-17-12/h2-8H,15H2,1H3,(H,16,17,18,19). The Bertz CT molecular complexity index is 603. The molecule has 0 radical (unpaired) electrons. The van der Waals surface area contributed by atoms with E-state index in [4.69, 9.17) is 17.3 Å². The highest BCUT2D eigenvalue weighted by Crippen LogP contribution is 2.19. The molecule has 1 aromatic heterocycles. The number of rotatable bonds is 3. The predicted molar refractivity (Wildman–Crippen MR) is 74.9 cm³/mol. The second-order valence-corrected chi connectivity index (χ2v) is 4.49. The third-order valence-electron chi connectivity index (χ3n) is 2.69. The minimum Gasteiger partial charge on any atom is -0.399 e. The number of amides is 1. The molecule has 0 aliphatic rings. The Morgan fingerprint density at radius 3 is 2.84 bits per heavy atom. The molecule has 0 saturated carbocycles. The van der Waals surface area contributed by atoms with Crippen molar-refractivity contribution in [3.63, 3.8) is 0 Å². The molecule has 0 aliphatic carbocycles. The molecule has 0 spiro atoms. The van der Waals surface area contributed by atoms with Gasteiger partial charge in [0.05, 0.1) is 5.92 Å². The van der Waals surface area contributed by atoms with Crippen LogP contribution in [0.2, 0.25) is 5.15 Å². The van der Waals surface area contributed by atoms with Crippen LogP contribution in [-0.4, -0.2) is 15.9 Å². The van der Waals surface area contributed by atoms with Crippen LogP contribution in [0.15, 0.2) is 36.7 Å². The summed E-state index contributed by atoms with van der Waals surface area (Å²) in [6, 6.07) is 8.71. The molecule has 1 atom stereocenters. The van der Waals surface area contributed by atoms with Gasteiger partial charge in [-0.15, -0.1) is 0 Å². The van der Waals surface area contributed by atoms with Crippen molar-refractivity contribution in [3.8, 4) is 0 Å². The van der Waals surface area contributed by atoms with Crippen molar-refractivity contribution < 1.29 is 4.79 Å². The second kappa shape index (κ2) is 5.67. The van der Waals surface area contributed by atoms with Gasteiger partial charge in [-0.2, -0.15) is 0 Å². The Hall–Kier alpha value is -2.14. The SMILES string of the molecule is CC(C(=O)Nc1cc(Cl)ncn1)c1cccc(N)c1. The molecule has 5 nitrogen and oxygen atoms in total. The number of anilines is 2. The average Bonchev–Trinajstić information content (AvgIpc) is 2.38. The molecule has 98 valence electrons. The van der Waals surface area contributed by atoms with Gasteiger partial charge in [0.1, 0.15) is 17.3 Å². The Balaban J connectivity index is 2.12. The minimum absolute atomic E-state index is 0.180. The number of carbonyl (C=O) groups excluding carboxylic acids is 1. The predicted octanol–water partition coefficient (Wildman–Crippen LogP) is 2.45. The minimum atomic E-state index is -0.336. The number of hydrogen-bond donors (Lipinski definition) is 2. The molecular weight excluding hydrogens is 264 g/mol. The van der Waals surface area contributed by atoms with E-state index in [0.717, 1.165) is 5.56 Å². The Morgan fingerprint density at radius 2 is 2.16 bits per heavy atom. The number of benzene rings is 1. The first-order valence-corrected chi connectivity index (χ1v) is 6.08. The van der Waals surface area contributed by atoms with Gasteiger partial charge >= 0.3 is 0 Å². The molecule has 1 amide bonds. The fourth-order valence-corrected chi connectivity index (χ4v) is 1.76. The van der Waals surface area contributed by atoms with Crippen LogP contribution in [-0.2, 0) is 4.79 Å². The zero-order valence-electron chi connectivity index (χ0n) is 10.3. The molecule has 0 bridgehead atoms. The van der Waals surface area contributed by atoms with Crippen molar-refractivity contribution in [2.24, 2.45) is 0 Å². The van der Waals surface area contributed by atoms with E-state index in [1.54, 1.807) is 19.1 Å². The normalized spacial score (nSPS) is 11.9. The van der Waals surface area contributed by atoms with Crippen LogP contribution in [0.4, 0.5) is 11.5 Å². The van der Waals surface area contributed by atoms with E-state index in [-0.39, 0.29) is 17.0 Å². The van der Waals surface area contributed by atoms with E-state index in [1.807, 2.05) is 12.1 Å². The van der Waals surface area contributed by atoms with Crippen molar-refractivity contribution in [2.75, 3.05) is 11.1 Å². The van der Waals surface area contributed by atoms with Gasteiger partial charge in [0.15, 0.2) is 0 Å². The second-order valence-electron chi connectivity index (χ2n) is 4.11. The van der Waals surface area contributed by atoms with Gasteiger partial charge in [-0.3, -0.25) is 4.79 Å². The third kappa shape index (κ3) is 3.42. The molecule has 2 rings (SSSR count). The largest absolute Gasteiger partial charge is 0.399 e. The van der Waals surface area contributed by atoms with Crippen LogP contribution in [0, 0.1) is 0 Å². The molecule has 1 unspecified atom stereocenters. The first kappa shape index (κ1) is 13.3. The summed E-state index contributed by atoms with van der Waals surface area (Å²) in [6.07, 6.45) is 1.29. The van der Waals surface area contributed by atoms with E-state index in [2.05, 4.69) is 15.3 Å². The lowest BCUT2D eigenvalue weighted by Crippen LogP contribution is -2.19. The number of nitrogens with one attached hydrogen (secondary N) is 1. The highest BCUT2D eigenvalue weighted by molar-refractivity contribution is 6.29. The van der Waals surface area contributed by atoms with Crippen LogP contribution < -0.4 is 11.1 Å². The number of hydrogen-bond acceptors (Lipinski definition) is 4. The summed E-state index contributed by atoms with van der Waals surface area (Å²) in [6.45, 7) is 1.80. The molecule has 1 aromatic carbocycles. The number of carbonyl (C=O) groups is 1. The lowest BCUT2D eigenvalue weighted by atomic mass is 10.00. The average molecular weight is 277 g/mol. The summed E-state index contributed by atoms with van der Waals surface area (Å²) in [5.41, 5.74) is 7.17. The lowest BCUT2D eigenvalue weighted by Gasteiger charge is -2.12. The first-order chi connectivity index (χ1) is 9.06. The smallest absolute Gasteiger partial charge is 0.232 e. The summed E-state index contributed by atoms with van der Waals surface area (Å²) < 4.78 is 0. The van der Waals surface area contributed by atoms with Gasteiger partial charge in [-0.05, 0) is 24.6 Å². The Morgan fingerprint density at radius 1 is 1.37 bits per heavy atom. The molecule has 6 heteroatoms. The summed E-state index contributed by atoms with van der Waals surface area (Å²) in [5, 5.41) is 2.96. The molecule has 0 aliphatic heterocycles. The zero-order chi connectivity index (χ0) is 13.8. The van der Waals surface area contributed by atoms with Crippen LogP contribution in [0.3, 0.4) is 0 Å². The van der Waals surface area contributed by atoms with Crippen LogP contribution in [0.1, 0.15) is 18.4 Å². The van der Waals surface area contributed by atoms with Crippen molar-refractivity contribution in [1.29, 1.82) is 0 Å². The first-order valence-electron chi connectivity index (χ1n) is 5.70. The molecule has 19 heavy (non-hydrogen) atoms. The fraction of sp³-hybridized carbons (Fsp3) is 0.154. The zero-order valence-corrected chi connectivity index (χ0v) is 11.1. The molecule has 1 heterocycles. The molecule has 2 aromatic rings. The van der Waals surface area contributed by atoms with Gasteiger partial charge in [-0.1, -0.05) is 23.7 Å². The summed E-state index contributed by atoms with van der Waals surface area (Å²) in [4.78, 5) is 19.7. The maximum absolute atomic E-state index is 12.1. The highest BCUT2D eigenvalue weighted by atomic mass is 35.5. The van der Waals surface area contributed by atoms with Crippen LogP contribution in [0.25, 0.3) is 0 Å². The molecule has 0 saturated heterocycles. The monoisotopic (exact) mass is 276 g/mol. The van der Waals surface area contributed by atoms with Gasteiger partial charge in [0.2, 0.25) is 5.91 Å². The van der Waals surface area contributed by atoms with Gasteiger partial charge in [-0.25, -0.2) is 9.97 Å².